The van der Waals surface area contributed by atoms with Gasteiger partial charge in [-0.05, 0) is 54.5 Å². The number of nitrogens with one attached hydrogen (secondary N) is 2. The Kier molecular flexibility index (Phi) is 5.82. The van der Waals surface area contributed by atoms with Crippen molar-refractivity contribution in [3.05, 3.63) is 82.9 Å². The van der Waals surface area contributed by atoms with Gasteiger partial charge in [0.05, 0.1) is 12.3 Å². The first-order valence-corrected chi connectivity index (χ1v) is 13.0. The van der Waals surface area contributed by atoms with Crippen molar-refractivity contribution in [3.63, 3.8) is 0 Å². The fraction of sp³-hybridized carbons (Fsp3) is 0.379. The number of hydrogen-bond donors (Lipinski definition) is 2. The molecule has 2 N–H and O–H groups in total. The number of carbonyl (C=O) groups excluding carboxylic acids is 3. The van der Waals surface area contributed by atoms with E-state index in [1.807, 2.05) is 48.0 Å². The summed E-state index contributed by atoms with van der Waals surface area (Å²) in [5.74, 6) is -0.286. The Morgan fingerprint density at radius 3 is 2.84 bits per heavy atom. The van der Waals surface area contributed by atoms with E-state index in [1.165, 1.54) is 11.1 Å². The van der Waals surface area contributed by atoms with Gasteiger partial charge in [0, 0.05) is 44.3 Å². The second-order valence-corrected chi connectivity index (χ2v) is 10.4. The molecule has 2 atom stereocenters. The molecule has 190 valence electrons. The van der Waals surface area contributed by atoms with E-state index < -0.39 is 11.3 Å². The SMILES string of the molecule is Cc1nccn1CCNC(=O)C1CN(C(=O)Cc2ccc3c(c2)CCC3)CC12C(=O)Nc1ccccc12. The summed E-state index contributed by atoms with van der Waals surface area (Å²) in [5.41, 5.74) is 4.10. The Hall–Kier alpha value is -3.94. The maximum atomic E-state index is 13.6. The van der Waals surface area contributed by atoms with Crippen LogP contribution in [0.2, 0.25) is 0 Å². The summed E-state index contributed by atoms with van der Waals surface area (Å²) in [4.78, 5) is 46.5. The zero-order valence-electron chi connectivity index (χ0n) is 21.0. The average Bonchev–Trinajstić information content (AvgIpc) is 3.67. The summed E-state index contributed by atoms with van der Waals surface area (Å²) >= 11 is 0. The van der Waals surface area contributed by atoms with Crippen LogP contribution in [0, 0.1) is 12.8 Å². The number of hydrogen-bond acceptors (Lipinski definition) is 4. The maximum absolute atomic E-state index is 13.6. The number of aromatic nitrogens is 2. The van der Waals surface area contributed by atoms with E-state index in [0.717, 1.165) is 36.2 Å². The standard InChI is InChI=1S/C29H31N5O3/c1-19-30-11-13-33(19)14-12-31-27(36)24-17-34(18-29(24)23-7-2-3-8-25(23)32-28(29)37)26(35)16-20-9-10-21-5-4-6-22(21)15-20/h2-3,7-11,13,15,24H,4-6,12,14,16-18H2,1H3,(H,31,36)(H,32,37). The molecule has 3 heterocycles. The third kappa shape index (κ3) is 4.00. The third-order valence-corrected chi connectivity index (χ3v) is 8.26. The predicted molar refractivity (Wildman–Crippen MR) is 139 cm³/mol. The van der Waals surface area contributed by atoms with E-state index in [2.05, 4.69) is 27.8 Å². The molecule has 1 fully saturated rings. The van der Waals surface area contributed by atoms with Gasteiger partial charge in [-0.2, -0.15) is 0 Å². The number of carbonyl (C=O) groups is 3. The normalized spacial score (nSPS) is 21.7. The average molecular weight is 498 g/mol. The van der Waals surface area contributed by atoms with Crippen LogP contribution in [0.4, 0.5) is 5.69 Å². The van der Waals surface area contributed by atoms with E-state index >= 15 is 0 Å². The zero-order chi connectivity index (χ0) is 25.6. The Morgan fingerprint density at radius 1 is 1.16 bits per heavy atom. The first kappa shape index (κ1) is 23.5. The van der Waals surface area contributed by atoms with Gasteiger partial charge in [-0.15, -0.1) is 0 Å². The highest BCUT2D eigenvalue weighted by Crippen LogP contribution is 2.47. The van der Waals surface area contributed by atoms with Gasteiger partial charge in [-0.25, -0.2) is 4.98 Å². The molecule has 37 heavy (non-hydrogen) atoms. The van der Waals surface area contributed by atoms with Gasteiger partial charge in [-0.1, -0.05) is 36.4 Å². The number of fused-ring (bicyclic) bond motifs is 3. The van der Waals surface area contributed by atoms with Crippen molar-refractivity contribution in [1.82, 2.24) is 19.8 Å². The van der Waals surface area contributed by atoms with Crippen molar-refractivity contribution >= 4 is 23.4 Å². The smallest absolute Gasteiger partial charge is 0.237 e. The Balaban J connectivity index is 1.24. The second-order valence-electron chi connectivity index (χ2n) is 10.4. The summed E-state index contributed by atoms with van der Waals surface area (Å²) in [6, 6.07) is 13.8. The fourth-order valence-corrected chi connectivity index (χ4v) is 6.27. The molecular weight excluding hydrogens is 466 g/mol. The van der Waals surface area contributed by atoms with Gasteiger partial charge in [0.1, 0.15) is 11.2 Å². The molecule has 2 unspecified atom stereocenters. The number of imidazole rings is 1. The van der Waals surface area contributed by atoms with E-state index in [9.17, 15) is 14.4 Å². The van der Waals surface area contributed by atoms with Crippen LogP contribution in [0.25, 0.3) is 0 Å². The maximum Gasteiger partial charge on any atom is 0.237 e. The topological polar surface area (TPSA) is 96.3 Å². The second kappa shape index (κ2) is 9.18. The molecule has 6 rings (SSSR count). The first-order chi connectivity index (χ1) is 18.0. The summed E-state index contributed by atoms with van der Waals surface area (Å²) in [6.45, 7) is 3.31. The lowest BCUT2D eigenvalue weighted by Crippen LogP contribution is -2.49. The molecule has 0 radical (unpaired) electrons. The lowest BCUT2D eigenvalue weighted by molar-refractivity contribution is -0.131. The number of rotatable bonds is 6. The summed E-state index contributed by atoms with van der Waals surface area (Å²) < 4.78 is 1.97. The molecular formula is C29H31N5O3. The van der Waals surface area contributed by atoms with Crippen LogP contribution in [-0.4, -0.2) is 51.8 Å². The molecule has 1 aliphatic carbocycles. The Bertz CT molecular complexity index is 1400. The van der Waals surface area contributed by atoms with Crippen molar-refractivity contribution in [1.29, 1.82) is 0 Å². The lowest BCUT2D eigenvalue weighted by Gasteiger charge is -2.27. The van der Waals surface area contributed by atoms with Gasteiger partial charge >= 0.3 is 0 Å². The predicted octanol–water partition coefficient (Wildman–Crippen LogP) is 2.39. The summed E-state index contributed by atoms with van der Waals surface area (Å²) in [6.07, 6.45) is 7.19. The first-order valence-electron chi connectivity index (χ1n) is 13.0. The van der Waals surface area contributed by atoms with Crippen molar-refractivity contribution < 1.29 is 14.4 Å². The monoisotopic (exact) mass is 497 g/mol. The van der Waals surface area contributed by atoms with Crippen LogP contribution in [0.15, 0.2) is 54.9 Å². The number of likely N-dealkylation sites (tertiary alicyclic amines) is 1. The van der Waals surface area contributed by atoms with Gasteiger partial charge in [-0.3, -0.25) is 14.4 Å². The molecule has 0 saturated carbocycles. The molecule has 3 amide bonds. The highest BCUT2D eigenvalue weighted by atomic mass is 16.2. The van der Waals surface area contributed by atoms with Crippen LogP contribution >= 0.6 is 0 Å². The third-order valence-electron chi connectivity index (χ3n) is 8.26. The minimum Gasteiger partial charge on any atom is -0.354 e. The van der Waals surface area contributed by atoms with Crippen LogP contribution in [0.3, 0.4) is 0 Å². The van der Waals surface area contributed by atoms with E-state index in [-0.39, 0.29) is 37.2 Å². The molecule has 2 aromatic carbocycles. The molecule has 2 aliphatic heterocycles. The minimum absolute atomic E-state index is 0.0566. The number of benzene rings is 2. The van der Waals surface area contributed by atoms with E-state index in [0.29, 0.717) is 18.8 Å². The van der Waals surface area contributed by atoms with Crippen molar-refractivity contribution in [2.45, 2.75) is 44.6 Å². The molecule has 3 aliphatic rings. The highest BCUT2D eigenvalue weighted by molar-refractivity contribution is 6.10. The number of para-hydroxylation sites is 1. The van der Waals surface area contributed by atoms with E-state index in [1.54, 1.807) is 11.1 Å². The molecule has 3 aromatic rings. The van der Waals surface area contributed by atoms with Crippen molar-refractivity contribution in [2.24, 2.45) is 5.92 Å². The van der Waals surface area contributed by atoms with E-state index in [4.69, 9.17) is 0 Å². The number of nitrogens with zero attached hydrogens (tertiary/aromatic N) is 3. The van der Waals surface area contributed by atoms with Crippen LogP contribution < -0.4 is 10.6 Å². The lowest BCUT2D eigenvalue weighted by atomic mass is 9.73. The largest absolute Gasteiger partial charge is 0.354 e. The van der Waals surface area contributed by atoms with Crippen LogP contribution in [-0.2, 0) is 45.6 Å². The molecule has 8 heteroatoms. The molecule has 1 aromatic heterocycles. The van der Waals surface area contributed by atoms with Crippen LogP contribution in [0.5, 0.6) is 0 Å². The molecule has 1 spiro atoms. The van der Waals surface area contributed by atoms with Crippen molar-refractivity contribution in [3.8, 4) is 0 Å². The van der Waals surface area contributed by atoms with Gasteiger partial charge in [0.15, 0.2) is 0 Å². The van der Waals surface area contributed by atoms with Crippen LogP contribution in [0.1, 0.15) is 34.5 Å². The molecule has 8 nitrogen and oxygen atoms in total. The van der Waals surface area contributed by atoms with Gasteiger partial charge < -0.3 is 20.1 Å². The summed E-state index contributed by atoms with van der Waals surface area (Å²) in [7, 11) is 0. The number of amides is 3. The number of anilines is 1. The quantitative estimate of drug-likeness (QED) is 0.547. The Morgan fingerprint density at radius 2 is 2.00 bits per heavy atom. The van der Waals surface area contributed by atoms with Crippen molar-refractivity contribution in [2.75, 3.05) is 25.0 Å². The van der Waals surface area contributed by atoms with Gasteiger partial charge in [0.2, 0.25) is 17.7 Å². The zero-order valence-corrected chi connectivity index (χ0v) is 21.0. The molecule has 0 bridgehead atoms. The Labute approximate surface area is 216 Å². The minimum atomic E-state index is -1.10. The fourth-order valence-electron chi connectivity index (χ4n) is 6.27. The summed E-state index contributed by atoms with van der Waals surface area (Å²) in [5, 5.41) is 5.99. The molecule has 1 saturated heterocycles. The highest BCUT2D eigenvalue weighted by Gasteiger charge is 2.60. The number of aryl methyl sites for hydroxylation is 3. The van der Waals surface area contributed by atoms with Gasteiger partial charge in [0.25, 0.3) is 0 Å².